The van der Waals surface area contributed by atoms with Crippen molar-refractivity contribution in [3.05, 3.63) is 78.1 Å². The van der Waals surface area contributed by atoms with Crippen LogP contribution in [0.25, 0.3) is 11.1 Å². The summed E-state index contributed by atoms with van der Waals surface area (Å²) in [5.41, 5.74) is 3.17. The van der Waals surface area contributed by atoms with E-state index >= 15 is 0 Å². The Labute approximate surface area is 192 Å². The number of nitrogens with one attached hydrogen (secondary N) is 3. The fourth-order valence-corrected chi connectivity index (χ4v) is 3.14. The minimum atomic E-state index is -0.790. The molecule has 0 aliphatic carbocycles. The lowest BCUT2D eigenvalue weighted by Crippen LogP contribution is -2.36. The van der Waals surface area contributed by atoms with Gasteiger partial charge in [0.15, 0.2) is 0 Å². The number of carbonyl (C=O) groups is 4. The molecule has 172 valence electrons. The van der Waals surface area contributed by atoms with Crippen LogP contribution in [0.1, 0.15) is 15.9 Å². The van der Waals surface area contributed by atoms with Crippen LogP contribution in [0.3, 0.4) is 0 Å². The van der Waals surface area contributed by atoms with Crippen molar-refractivity contribution in [2.24, 2.45) is 0 Å². The van der Waals surface area contributed by atoms with E-state index in [-0.39, 0.29) is 23.8 Å². The minimum Gasteiger partial charge on any atom is -0.464 e. The Hall–Kier alpha value is -4.24. The zero-order chi connectivity index (χ0) is 24.5. The molecule has 3 rings (SSSR count). The monoisotopic (exact) mass is 450 g/mol. The molecule has 0 atom stereocenters. The summed E-state index contributed by atoms with van der Waals surface area (Å²) < 4.78 is 4.49. The van der Waals surface area contributed by atoms with Gasteiger partial charge < -0.3 is 20.7 Å². The van der Waals surface area contributed by atoms with Crippen LogP contribution in [0.15, 0.2) is 67.0 Å². The van der Waals surface area contributed by atoms with Gasteiger partial charge in [-0.05, 0) is 49.0 Å². The molecule has 33 heavy (non-hydrogen) atoms. The third kappa shape index (κ3) is 5.72. The summed E-state index contributed by atoms with van der Waals surface area (Å²) in [5, 5.41) is 7.60. The molecule has 2 aromatic rings. The number of anilines is 1. The van der Waals surface area contributed by atoms with E-state index in [1.165, 1.54) is 4.90 Å². The number of nitrogens with zero attached hydrogens (tertiary/aromatic N) is 1. The first-order chi connectivity index (χ1) is 15.8. The van der Waals surface area contributed by atoms with E-state index in [2.05, 4.69) is 33.8 Å². The fraction of sp³-hybridized carbons (Fsp3) is 0.167. The number of hydrogen-bond acceptors (Lipinski definition) is 6. The molecule has 0 saturated heterocycles. The van der Waals surface area contributed by atoms with Gasteiger partial charge in [0.05, 0.1) is 13.7 Å². The Balaban J connectivity index is 0.00000122. The van der Waals surface area contributed by atoms with Crippen LogP contribution in [-0.4, -0.2) is 50.3 Å². The van der Waals surface area contributed by atoms with Gasteiger partial charge in [-0.3, -0.25) is 19.3 Å². The van der Waals surface area contributed by atoms with Crippen molar-refractivity contribution in [1.82, 2.24) is 15.5 Å². The largest absolute Gasteiger partial charge is 0.464 e. The first kappa shape index (κ1) is 25.0. The lowest BCUT2D eigenvalue weighted by Gasteiger charge is -2.18. The zero-order valence-electron chi connectivity index (χ0n) is 18.7. The third-order valence-corrected chi connectivity index (χ3v) is 4.67. The molecule has 0 unspecified atom stereocenters. The summed E-state index contributed by atoms with van der Waals surface area (Å²) in [6.07, 6.45) is 0.595. The van der Waals surface area contributed by atoms with Crippen molar-refractivity contribution in [3.8, 4) is 11.1 Å². The molecular weight excluding hydrogens is 424 g/mol. The van der Waals surface area contributed by atoms with Gasteiger partial charge in [-0.2, -0.15) is 0 Å². The quantitative estimate of drug-likeness (QED) is 0.338. The Morgan fingerprint density at radius 3 is 2.24 bits per heavy atom. The number of fused-ring (bicyclic) bond motifs is 1. The number of benzene rings is 2. The predicted octanol–water partition coefficient (Wildman–Crippen LogP) is 2.03. The third-order valence-electron chi connectivity index (χ3n) is 4.67. The molecule has 9 nitrogen and oxygen atoms in total. The highest BCUT2D eigenvalue weighted by Crippen LogP contribution is 2.34. The second-order valence-electron chi connectivity index (χ2n) is 6.93. The highest BCUT2D eigenvalue weighted by Gasteiger charge is 2.33. The van der Waals surface area contributed by atoms with E-state index in [0.717, 1.165) is 23.8 Å². The maximum absolute atomic E-state index is 12.9. The summed E-state index contributed by atoms with van der Waals surface area (Å²) in [6.45, 7) is 7.28. The van der Waals surface area contributed by atoms with Gasteiger partial charge in [0.25, 0.3) is 11.8 Å². The highest BCUT2D eigenvalue weighted by molar-refractivity contribution is 6.07. The number of hydrogen-bond donors (Lipinski definition) is 3. The van der Waals surface area contributed by atoms with Crippen molar-refractivity contribution in [2.45, 2.75) is 6.54 Å². The number of rotatable bonds is 7. The topological polar surface area (TPSA) is 117 Å². The number of amides is 3. The summed E-state index contributed by atoms with van der Waals surface area (Å²) in [7, 11) is 4.91. The van der Waals surface area contributed by atoms with Crippen molar-refractivity contribution in [2.75, 3.05) is 26.5 Å². The lowest BCUT2D eigenvalue weighted by molar-refractivity contribution is -0.137. The minimum absolute atomic E-state index is 0.113. The Morgan fingerprint density at radius 2 is 1.67 bits per heavy atom. The van der Waals surface area contributed by atoms with Crippen LogP contribution in [0.5, 0.6) is 0 Å². The van der Waals surface area contributed by atoms with E-state index in [4.69, 9.17) is 0 Å². The molecule has 1 aliphatic rings. The van der Waals surface area contributed by atoms with Gasteiger partial charge >= 0.3 is 5.97 Å². The van der Waals surface area contributed by atoms with Gasteiger partial charge in [0, 0.05) is 11.3 Å². The lowest BCUT2D eigenvalue weighted by atomic mass is 9.97. The summed E-state index contributed by atoms with van der Waals surface area (Å²) in [5.74, 6) is -1.88. The van der Waals surface area contributed by atoms with Crippen molar-refractivity contribution >= 4 is 29.9 Å². The average Bonchev–Trinajstić information content (AvgIpc) is 3.15. The molecule has 3 N–H and O–H groups in total. The first-order valence-corrected chi connectivity index (χ1v) is 9.89. The molecule has 1 aliphatic heterocycles. The number of carbonyl (C=O) groups excluding carboxylic acids is 4. The maximum Gasteiger partial charge on any atom is 0.353 e. The van der Waals surface area contributed by atoms with Gasteiger partial charge in [-0.1, -0.05) is 37.4 Å². The summed E-state index contributed by atoms with van der Waals surface area (Å²) >= 11 is 0. The van der Waals surface area contributed by atoms with E-state index in [9.17, 15) is 19.2 Å². The molecule has 0 bridgehead atoms. The van der Waals surface area contributed by atoms with Crippen LogP contribution < -0.4 is 16.0 Å². The number of esters is 1. The second kappa shape index (κ2) is 11.4. The molecule has 0 spiro atoms. The van der Waals surface area contributed by atoms with Crippen LogP contribution >= 0.6 is 0 Å². The Bertz CT molecular complexity index is 1090. The average molecular weight is 450 g/mol. The van der Waals surface area contributed by atoms with E-state index < -0.39 is 11.9 Å². The van der Waals surface area contributed by atoms with E-state index in [0.29, 0.717) is 17.7 Å². The van der Waals surface area contributed by atoms with Crippen LogP contribution in [0.2, 0.25) is 0 Å². The summed E-state index contributed by atoms with van der Waals surface area (Å²) in [6, 6.07) is 12.5. The first-order valence-electron chi connectivity index (χ1n) is 9.89. The van der Waals surface area contributed by atoms with Crippen LogP contribution in [0, 0.1) is 0 Å². The van der Waals surface area contributed by atoms with Gasteiger partial charge in [0.2, 0.25) is 6.41 Å². The van der Waals surface area contributed by atoms with Crippen molar-refractivity contribution < 1.29 is 23.9 Å². The van der Waals surface area contributed by atoms with Crippen LogP contribution in [0.4, 0.5) is 5.69 Å². The zero-order valence-corrected chi connectivity index (χ0v) is 18.7. The normalized spacial score (nSPS) is 11.5. The van der Waals surface area contributed by atoms with Crippen LogP contribution in [-0.2, 0) is 25.7 Å². The second-order valence-corrected chi connectivity index (χ2v) is 6.93. The standard InChI is InChI=1S/C22H19N3O5.C2H7N/c1-13(22(29)30-3)24-20(27)14(2)25-11-19-17(5-4-6-18(19)21(25)28)15-7-9-16(10-8-15)23-12-26;1-3-2/h4-10,12H,1-2,11H2,3H3,(H,23,26)(H,24,27);3H,1-2H3. The predicted molar refractivity (Wildman–Crippen MR) is 125 cm³/mol. The molecule has 0 radical (unpaired) electrons. The maximum atomic E-state index is 12.9. The summed E-state index contributed by atoms with van der Waals surface area (Å²) in [4.78, 5) is 48.5. The molecule has 9 heteroatoms. The number of ether oxygens (including phenoxy) is 1. The molecule has 3 amide bonds. The smallest absolute Gasteiger partial charge is 0.353 e. The SMILES string of the molecule is C=C(NC(=O)C(=C)N1Cc2c(cccc2-c2ccc(NC=O)cc2)C1=O)C(=O)OC.CNC. The molecule has 1 heterocycles. The fourth-order valence-electron chi connectivity index (χ4n) is 3.14. The van der Waals surface area contributed by atoms with E-state index in [1.54, 1.807) is 24.3 Å². The molecule has 0 saturated carbocycles. The Morgan fingerprint density at radius 1 is 1.06 bits per heavy atom. The van der Waals surface area contributed by atoms with Crippen molar-refractivity contribution in [3.63, 3.8) is 0 Å². The van der Waals surface area contributed by atoms with Gasteiger partial charge in [0.1, 0.15) is 11.4 Å². The molecular formula is C24H26N4O5. The molecule has 0 aromatic heterocycles. The van der Waals surface area contributed by atoms with E-state index in [1.807, 2.05) is 32.3 Å². The van der Waals surface area contributed by atoms with Crippen molar-refractivity contribution in [1.29, 1.82) is 0 Å². The Kier molecular flexibility index (Phi) is 8.64. The number of methoxy groups -OCH3 is 1. The van der Waals surface area contributed by atoms with Gasteiger partial charge in [-0.25, -0.2) is 4.79 Å². The van der Waals surface area contributed by atoms with Gasteiger partial charge in [-0.15, -0.1) is 0 Å². The highest BCUT2D eigenvalue weighted by atomic mass is 16.5. The molecule has 2 aromatic carbocycles. The molecule has 0 fully saturated rings.